The Kier molecular flexibility index (Phi) is 6.19. The molecule has 0 radical (unpaired) electrons. The molecule has 3 heterocycles. The second-order valence-electron chi connectivity index (χ2n) is 8.93. The van der Waals surface area contributed by atoms with Crippen LogP contribution in [0.25, 0.3) is 11.2 Å². The smallest absolute Gasteiger partial charge is 0.307 e. The fraction of sp³-hybridized carbons (Fsp3) is 0.480. The molecule has 1 saturated carbocycles. The number of carboxylic acids is 1. The minimum absolute atomic E-state index is 0.116. The van der Waals surface area contributed by atoms with Crippen molar-refractivity contribution in [1.29, 1.82) is 0 Å². The second kappa shape index (κ2) is 9.38. The van der Waals surface area contributed by atoms with Crippen molar-refractivity contribution in [3.63, 3.8) is 0 Å². The first-order chi connectivity index (χ1) is 15.7. The van der Waals surface area contributed by atoms with Crippen molar-refractivity contribution in [3.05, 3.63) is 59.5 Å². The van der Waals surface area contributed by atoms with Gasteiger partial charge in [0.1, 0.15) is 5.82 Å². The van der Waals surface area contributed by atoms with Crippen LogP contribution in [-0.4, -0.2) is 56.8 Å². The molecule has 2 atom stereocenters. The standard InChI is InChI=1S/C25H30N4O3/c30-25(31)21-5-2-1-4-20(21)19-9-7-18(8-10-19)16-29-22-6-3-11-26-24(22)27-23(29)17-28-12-14-32-15-13-28/h3,6-11,20-21H,1-2,4-5,12-17H2,(H,30,31)/t20-,21+/m0/s1. The van der Waals surface area contributed by atoms with Crippen LogP contribution < -0.4 is 0 Å². The van der Waals surface area contributed by atoms with Gasteiger partial charge in [0, 0.05) is 25.8 Å². The van der Waals surface area contributed by atoms with Gasteiger partial charge in [-0.05, 0) is 42.0 Å². The number of hydrogen-bond donors (Lipinski definition) is 1. The highest BCUT2D eigenvalue weighted by Gasteiger charge is 2.31. The second-order valence-corrected chi connectivity index (χ2v) is 8.93. The van der Waals surface area contributed by atoms with Crippen LogP contribution in [0.3, 0.4) is 0 Å². The minimum atomic E-state index is -0.663. The molecule has 168 valence electrons. The first-order valence-electron chi connectivity index (χ1n) is 11.6. The Bertz CT molecular complexity index is 1070. The molecule has 1 aliphatic carbocycles. The van der Waals surface area contributed by atoms with Gasteiger partial charge in [0.2, 0.25) is 0 Å². The fourth-order valence-electron chi connectivity index (χ4n) is 5.14. The van der Waals surface area contributed by atoms with Gasteiger partial charge in [-0.2, -0.15) is 0 Å². The molecule has 3 aromatic rings. The van der Waals surface area contributed by atoms with E-state index in [1.54, 1.807) is 6.20 Å². The summed E-state index contributed by atoms with van der Waals surface area (Å²) in [6, 6.07) is 12.6. The van der Waals surface area contributed by atoms with E-state index in [4.69, 9.17) is 9.72 Å². The molecule has 0 spiro atoms. The highest BCUT2D eigenvalue weighted by Crippen LogP contribution is 2.38. The maximum Gasteiger partial charge on any atom is 0.307 e. The summed E-state index contributed by atoms with van der Waals surface area (Å²) in [6.07, 6.45) is 5.64. The number of imidazole rings is 1. The Morgan fingerprint density at radius 1 is 1.06 bits per heavy atom. The number of pyridine rings is 1. The number of benzene rings is 1. The van der Waals surface area contributed by atoms with E-state index in [2.05, 4.69) is 44.8 Å². The number of hydrogen-bond acceptors (Lipinski definition) is 5. The Morgan fingerprint density at radius 3 is 2.62 bits per heavy atom. The molecular formula is C25H30N4O3. The lowest BCUT2D eigenvalue weighted by molar-refractivity contribution is -0.143. The van der Waals surface area contributed by atoms with Crippen LogP contribution in [0.1, 0.15) is 48.6 Å². The van der Waals surface area contributed by atoms with E-state index in [-0.39, 0.29) is 11.8 Å². The molecule has 32 heavy (non-hydrogen) atoms. The maximum atomic E-state index is 11.7. The molecule has 1 aromatic carbocycles. The zero-order chi connectivity index (χ0) is 21.9. The summed E-state index contributed by atoms with van der Waals surface area (Å²) in [6.45, 7) is 4.85. The summed E-state index contributed by atoms with van der Waals surface area (Å²) >= 11 is 0. The van der Waals surface area contributed by atoms with Gasteiger partial charge in [-0.15, -0.1) is 0 Å². The predicted molar refractivity (Wildman–Crippen MR) is 122 cm³/mol. The summed E-state index contributed by atoms with van der Waals surface area (Å²) in [5.74, 6) is 0.204. The molecule has 1 N–H and O–H groups in total. The minimum Gasteiger partial charge on any atom is -0.481 e. The highest BCUT2D eigenvalue weighted by atomic mass is 16.5. The van der Waals surface area contributed by atoms with Gasteiger partial charge in [0.05, 0.1) is 31.2 Å². The van der Waals surface area contributed by atoms with Crippen LogP contribution >= 0.6 is 0 Å². The average Bonchev–Trinajstić information content (AvgIpc) is 3.17. The SMILES string of the molecule is O=C(O)[C@@H]1CCCC[C@H]1c1ccc(Cn2c(CN3CCOCC3)nc3ncccc32)cc1. The van der Waals surface area contributed by atoms with Crippen LogP contribution in [-0.2, 0) is 22.6 Å². The Labute approximate surface area is 188 Å². The number of morpholine rings is 1. The highest BCUT2D eigenvalue weighted by molar-refractivity contribution is 5.72. The van der Waals surface area contributed by atoms with E-state index in [1.807, 2.05) is 6.07 Å². The Balaban J connectivity index is 1.39. The predicted octanol–water partition coefficient (Wildman–Crippen LogP) is 3.67. The molecule has 5 rings (SSSR count). The molecule has 0 bridgehead atoms. The number of fused-ring (bicyclic) bond motifs is 1. The summed E-state index contributed by atoms with van der Waals surface area (Å²) < 4.78 is 7.75. The number of aromatic nitrogens is 3. The summed E-state index contributed by atoms with van der Waals surface area (Å²) in [7, 11) is 0. The van der Waals surface area contributed by atoms with Gasteiger partial charge < -0.3 is 14.4 Å². The molecule has 2 aromatic heterocycles. The molecule has 1 saturated heterocycles. The van der Waals surface area contributed by atoms with Crippen molar-refractivity contribution in [1.82, 2.24) is 19.4 Å². The lowest BCUT2D eigenvalue weighted by Crippen LogP contribution is -2.36. The van der Waals surface area contributed by atoms with Gasteiger partial charge in [-0.1, -0.05) is 37.1 Å². The lowest BCUT2D eigenvalue weighted by Gasteiger charge is -2.29. The van der Waals surface area contributed by atoms with Gasteiger partial charge in [-0.3, -0.25) is 9.69 Å². The number of carbonyl (C=O) groups is 1. The largest absolute Gasteiger partial charge is 0.481 e. The number of rotatable bonds is 6. The monoisotopic (exact) mass is 434 g/mol. The van der Waals surface area contributed by atoms with Gasteiger partial charge in [0.15, 0.2) is 5.65 Å². The number of nitrogens with zero attached hydrogens (tertiary/aromatic N) is 4. The van der Waals surface area contributed by atoms with E-state index in [0.717, 1.165) is 87.6 Å². The molecule has 0 amide bonds. The van der Waals surface area contributed by atoms with Gasteiger partial charge >= 0.3 is 5.97 Å². The van der Waals surface area contributed by atoms with E-state index < -0.39 is 5.97 Å². The first-order valence-corrected chi connectivity index (χ1v) is 11.6. The van der Waals surface area contributed by atoms with E-state index >= 15 is 0 Å². The molecule has 7 heteroatoms. The molecule has 2 fully saturated rings. The van der Waals surface area contributed by atoms with Crippen molar-refractivity contribution in [2.24, 2.45) is 5.92 Å². The third kappa shape index (κ3) is 4.40. The van der Waals surface area contributed by atoms with Crippen molar-refractivity contribution in [3.8, 4) is 0 Å². The lowest BCUT2D eigenvalue weighted by atomic mass is 9.75. The van der Waals surface area contributed by atoms with Crippen molar-refractivity contribution >= 4 is 17.1 Å². The van der Waals surface area contributed by atoms with E-state index in [9.17, 15) is 9.90 Å². The zero-order valence-corrected chi connectivity index (χ0v) is 18.3. The van der Waals surface area contributed by atoms with E-state index in [1.165, 1.54) is 5.56 Å². The normalized spacial score (nSPS) is 22.2. The molecule has 1 aliphatic heterocycles. The Hall–Kier alpha value is -2.77. The average molecular weight is 435 g/mol. The molecular weight excluding hydrogens is 404 g/mol. The summed E-state index contributed by atoms with van der Waals surface area (Å²) in [4.78, 5) is 23.4. The molecule has 2 aliphatic rings. The number of aliphatic carboxylic acids is 1. The first kappa shape index (κ1) is 21.1. The quantitative estimate of drug-likeness (QED) is 0.638. The Morgan fingerprint density at radius 2 is 1.84 bits per heavy atom. The van der Waals surface area contributed by atoms with Crippen LogP contribution in [0, 0.1) is 5.92 Å². The van der Waals surface area contributed by atoms with Gasteiger partial charge in [0.25, 0.3) is 0 Å². The van der Waals surface area contributed by atoms with Crippen LogP contribution in [0.15, 0.2) is 42.6 Å². The van der Waals surface area contributed by atoms with Gasteiger partial charge in [-0.25, -0.2) is 9.97 Å². The molecule has 0 unspecified atom stereocenters. The third-order valence-electron chi connectivity index (χ3n) is 6.90. The van der Waals surface area contributed by atoms with E-state index in [0.29, 0.717) is 0 Å². The summed E-state index contributed by atoms with van der Waals surface area (Å²) in [5.41, 5.74) is 4.14. The molecule has 7 nitrogen and oxygen atoms in total. The fourth-order valence-corrected chi connectivity index (χ4v) is 5.14. The maximum absolute atomic E-state index is 11.7. The third-order valence-corrected chi connectivity index (χ3v) is 6.90. The van der Waals surface area contributed by atoms with Crippen LogP contribution in [0.2, 0.25) is 0 Å². The topological polar surface area (TPSA) is 80.5 Å². The van der Waals surface area contributed by atoms with Crippen molar-refractivity contribution in [2.45, 2.75) is 44.7 Å². The summed E-state index contributed by atoms with van der Waals surface area (Å²) in [5, 5.41) is 9.63. The number of carboxylic acid groups (broad SMARTS) is 1. The zero-order valence-electron chi connectivity index (χ0n) is 18.3. The van der Waals surface area contributed by atoms with Crippen molar-refractivity contribution in [2.75, 3.05) is 26.3 Å². The van der Waals surface area contributed by atoms with Crippen LogP contribution in [0.5, 0.6) is 0 Å². The van der Waals surface area contributed by atoms with Crippen molar-refractivity contribution < 1.29 is 14.6 Å². The number of ether oxygens (including phenoxy) is 1. The van der Waals surface area contributed by atoms with Crippen LogP contribution in [0.4, 0.5) is 0 Å².